The van der Waals surface area contributed by atoms with Gasteiger partial charge in [0.15, 0.2) is 0 Å². The Labute approximate surface area is 166 Å². The summed E-state index contributed by atoms with van der Waals surface area (Å²) in [6, 6.07) is 0. The largest absolute Gasteiger partial charge is 0.0654 e. The highest BCUT2D eigenvalue weighted by Crippen LogP contribution is 2.37. The Bertz CT molecular complexity index is 307. The summed E-state index contributed by atoms with van der Waals surface area (Å²) in [5.74, 6) is 5.17. The fourth-order valence-electron chi connectivity index (χ4n) is 6.01. The van der Waals surface area contributed by atoms with Gasteiger partial charge in [0.25, 0.3) is 0 Å². The molecule has 0 saturated heterocycles. The molecule has 26 heavy (non-hydrogen) atoms. The summed E-state index contributed by atoms with van der Waals surface area (Å²) in [4.78, 5) is 0. The molecule has 0 nitrogen and oxygen atoms in total. The van der Waals surface area contributed by atoms with Crippen LogP contribution in [-0.2, 0) is 0 Å². The molecule has 0 heterocycles. The molecule has 4 unspecified atom stereocenters. The van der Waals surface area contributed by atoms with E-state index < -0.39 is 0 Å². The van der Waals surface area contributed by atoms with Gasteiger partial charge in [0.05, 0.1) is 0 Å². The molecule has 154 valence electrons. The minimum atomic E-state index is 1.01. The Kier molecular flexibility index (Phi) is 11.3. The molecule has 2 rings (SSSR count). The Morgan fingerprint density at radius 1 is 0.615 bits per heavy atom. The van der Waals surface area contributed by atoms with E-state index in [0.29, 0.717) is 0 Å². The fourth-order valence-corrected chi connectivity index (χ4v) is 6.01. The van der Waals surface area contributed by atoms with Crippen LogP contribution >= 0.6 is 0 Å². The molecule has 0 aromatic carbocycles. The van der Waals surface area contributed by atoms with Gasteiger partial charge in [-0.1, -0.05) is 124 Å². The highest BCUT2D eigenvalue weighted by molar-refractivity contribution is 4.76. The van der Waals surface area contributed by atoms with Crippen LogP contribution in [0.5, 0.6) is 0 Å². The van der Waals surface area contributed by atoms with Crippen molar-refractivity contribution >= 4 is 0 Å². The summed E-state index contributed by atoms with van der Waals surface area (Å²) in [6.07, 6.45) is 27.1. The molecular weight excluding hydrogens is 312 g/mol. The zero-order valence-electron chi connectivity index (χ0n) is 18.6. The van der Waals surface area contributed by atoms with Gasteiger partial charge in [-0.25, -0.2) is 0 Å². The van der Waals surface area contributed by atoms with Crippen molar-refractivity contribution in [3.05, 3.63) is 0 Å². The van der Waals surface area contributed by atoms with E-state index in [2.05, 4.69) is 20.8 Å². The summed E-state index contributed by atoms with van der Waals surface area (Å²) in [6.45, 7) is 7.40. The maximum atomic E-state index is 2.54. The average Bonchev–Trinajstić information content (AvgIpc) is 2.65. The maximum absolute atomic E-state index is 2.54. The highest BCUT2D eigenvalue weighted by atomic mass is 14.3. The van der Waals surface area contributed by atoms with Crippen molar-refractivity contribution in [2.24, 2.45) is 29.6 Å². The van der Waals surface area contributed by atoms with Gasteiger partial charge in [-0.2, -0.15) is 0 Å². The normalized spacial score (nSPS) is 31.0. The van der Waals surface area contributed by atoms with Crippen LogP contribution in [0.1, 0.15) is 136 Å². The molecule has 0 aromatic rings. The van der Waals surface area contributed by atoms with Gasteiger partial charge >= 0.3 is 0 Å². The van der Waals surface area contributed by atoms with Gasteiger partial charge in [0.2, 0.25) is 0 Å². The zero-order chi connectivity index (χ0) is 18.6. The van der Waals surface area contributed by atoms with Gasteiger partial charge in [-0.15, -0.1) is 0 Å². The molecule has 0 aromatic heterocycles. The van der Waals surface area contributed by atoms with Crippen molar-refractivity contribution in [3.63, 3.8) is 0 Å². The zero-order valence-corrected chi connectivity index (χ0v) is 18.6. The van der Waals surface area contributed by atoms with Gasteiger partial charge in [-0.3, -0.25) is 0 Å². The Hall–Kier alpha value is 0. The van der Waals surface area contributed by atoms with E-state index in [4.69, 9.17) is 0 Å². The van der Waals surface area contributed by atoms with E-state index in [1.54, 1.807) is 25.7 Å². The van der Waals surface area contributed by atoms with Gasteiger partial charge in [-0.05, 0) is 42.4 Å². The molecule has 2 saturated carbocycles. The van der Waals surface area contributed by atoms with Gasteiger partial charge in [0, 0.05) is 0 Å². The summed E-state index contributed by atoms with van der Waals surface area (Å²) in [7, 11) is 0. The van der Waals surface area contributed by atoms with Crippen LogP contribution in [0.25, 0.3) is 0 Å². The van der Waals surface area contributed by atoms with Crippen LogP contribution in [0.2, 0.25) is 0 Å². The monoisotopic (exact) mass is 362 g/mol. The third-order valence-electron chi connectivity index (χ3n) is 8.19. The maximum Gasteiger partial charge on any atom is -0.0388 e. The molecule has 0 spiro atoms. The van der Waals surface area contributed by atoms with Crippen molar-refractivity contribution < 1.29 is 0 Å². The van der Waals surface area contributed by atoms with E-state index in [9.17, 15) is 0 Å². The minimum Gasteiger partial charge on any atom is -0.0654 e. The fraction of sp³-hybridized carbons (Fsp3) is 1.00. The molecule has 0 radical (unpaired) electrons. The van der Waals surface area contributed by atoms with E-state index in [0.717, 1.165) is 29.6 Å². The third-order valence-corrected chi connectivity index (χ3v) is 8.19. The lowest BCUT2D eigenvalue weighted by Gasteiger charge is -2.32. The predicted molar refractivity (Wildman–Crippen MR) is 118 cm³/mol. The molecule has 2 aliphatic rings. The smallest absolute Gasteiger partial charge is 0.0388 e. The number of unbranched alkanes of at least 4 members (excludes halogenated alkanes) is 4. The lowest BCUT2D eigenvalue weighted by Crippen LogP contribution is -2.19. The Morgan fingerprint density at radius 2 is 1.12 bits per heavy atom. The molecule has 4 atom stereocenters. The summed E-state index contributed by atoms with van der Waals surface area (Å²) < 4.78 is 0. The molecule has 0 heteroatoms. The standard InChI is InChI=1S/C26H50/c1-4-5-6-7-8-15-24(18-20-25-16-11-9-13-22(25)2)19-21-26-17-12-10-14-23(26)3/h22-26H,4-21H2,1-3H3. The average molecular weight is 363 g/mol. The topological polar surface area (TPSA) is 0 Å². The van der Waals surface area contributed by atoms with Crippen LogP contribution in [0.3, 0.4) is 0 Å². The van der Waals surface area contributed by atoms with Crippen LogP contribution in [0.4, 0.5) is 0 Å². The first-order valence-corrected chi connectivity index (χ1v) is 12.7. The number of rotatable bonds is 12. The molecule has 0 amide bonds. The van der Waals surface area contributed by atoms with Crippen molar-refractivity contribution in [1.29, 1.82) is 0 Å². The van der Waals surface area contributed by atoms with E-state index in [-0.39, 0.29) is 0 Å². The molecule has 0 N–H and O–H groups in total. The predicted octanol–water partition coefficient (Wildman–Crippen LogP) is 9.18. The second-order valence-corrected chi connectivity index (χ2v) is 10.3. The van der Waals surface area contributed by atoms with Crippen LogP contribution in [-0.4, -0.2) is 0 Å². The van der Waals surface area contributed by atoms with Crippen LogP contribution in [0.15, 0.2) is 0 Å². The molecular formula is C26H50. The van der Waals surface area contributed by atoms with Crippen molar-refractivity contribution in [2.75, 3.05) is 0 Å². The Morgan fingerprint density at radius 3 is 1.62 bits per heavy atom. The summed E-state index contributed by atoms with van der Waals surface area (Å²) >= 11 is 0. The highest BCUT2D eigenvalue weighted by Gasteiger charge is 2.24. The minimum absolute atomic E-state index is 1.01. The van der Waals surface area contributed by atoms with Gasteiger partial charge < -0.3 is 0 Å². The number of hydrogen-bond acceptors (Lipinski definition) is 0. The van der Waals surface area contributed by atoms with Crippen LogP contribution < -0.4 is 0 Å². The van der Waals surface area contributed by atoms with Crippen molar-refractivity contribution in [1.82, 2.24) is 0 Å². The molecule has 0 bridgehead atoms. The van der Waals surface area contributed by atoms with E-state index in [1.165, 1.54) is 89.9 Å². The summed E-state index contributed by atoms with van der Waals surface area (Å²) in [5, 5.41) is 0. The first-order chi connectivity index (χ1) is 12.7. The lowest BCUT2D eigenvalue weighted by molar-refractivity contribution is 0.199. The molecule has 2 aliphatic carbocycles. The summed E-state index contributed by atoms with van der Waals surface area (Å²) in [5.41, 5.74) is 0. The second-order valence-electron chi connectivity index (χ2n) is 10.3. The first kappa shape index (κ1) is 22.3. The second kappa shape index (κ2) is 13.2. The number of hydrogen-bond donors (Lipinski definition) is 0. The molecule has 0 aliphatic heterocycles. The van der Waals surface area contributed by atoms with Crippen LogP contribution in [0, 0.1) is 29.6 Å². The lowest BCUT2D eigenvalue weighted by atomic mass is 9.74. The van der Waals surface area contributed by atoms with E-state index >= 15 is 0 Å². The van der Waals surface area contributed by atoms with Crippen molar-refractivity contribution in [2.45, 2.75) is 136 Å². The van der Waals surface area contributed by atoms with Crippen molar-refractivity contribution in [3.8, 4) is 0 Å². The first-order valence-electron chi connectivity index (χ1n) is 12.7. The SMILES string of the molecule is CCCCCCCC(CCC1CCCCC1C)CCC1CCCCC1C. The third kappa shape index (κ3) is 8.35. The quantitative estimate of drug-likeness (QED) is 0.303. The van der Waals surface area contributed by atoms with Gasteiger partial charge in [0.1, 0.15) is 0 Å². The Balaban J connectivity index is 1.73. The molecule has 2 fully saturated rings. The van der Waals surface area contributed by atoms with E-state index in [1.807, 2.05) is 0 Å².